The van der Waals surface area contributed by atoms with Crippen LogP contribution in [0.25, 0.3) is 44.4 Å². The lowest BCUT2D eigenvalue weighted by molar-refractivity contribution is 0.483. The molecule has 8 heteroatoms. The summed E-state index contributed by atoms with van der Waals surface area (Å²) in [7, 11) is 8.32. The minimum atomic E-state index is -0.338. The summed E-state index contributed by atoms with van der Waals surface area (Å²) in [4.78, 5) is 8.81. The van der Waals surface area contributed by atoms with Crippen molar-refractivity contribution in [2.45, 2.75) is 13.8 Å². The molecule has 0 aliphatic carbocycles. The summed E-state index contributed by atoms with van der Waals surface area (Å²) in [5.74, 6) is 1.51. The molecule has 0 fully saturated rings. The molecule has 3 heterocycles. The summed E-state index contributed by atoms with van der Waals surface area (Å²) in [6, 6.07) is 27.0. The predicted octanol–water partition coefficient (Wildman–Crippen LogP) is 8.71. The van der Waals surface area contributed by atoms with E-state index in [2.05, 4.69) is 75.2 Å². The zero-order valence-corrected chi connectivity index (χ0v) is 26.8. The van der Waals surface area contributed by atoms with E-state index in [1.165, 1.54) is 40.8 Å². The first-order valence-corrected chi connectivity index (χ1v) is 15.2. The third-order valence-corrected chi connectivity index (χ3v) is 8.32. The van der Waals surface area contributed by atoms with E-state index in [1.54, 1.807) is 0 Å². The monoisotopic (exact) mass is 610 g/mol. The van der Waals surface area contributed by atoms with Crippen LogP contribution in [0.2, 0.25) is 0 Å². The number of aryl methyl sites for hydroxylation is 2. The maximum Gasteiger partial charge on any atom is 0.140 e. The zero-order valence-electron chi connectivity index (χ0n) is 26.8. The largest absolute Gasteiger partial charge is 0.457 e. The van der Waals surface area contributed by atoms with Crippen LogP contribution in [-0.2, 0) is 0 Å². The Morgan fingerprint density at radius 3 is 2.17 bits per heavy atom. The summed E-state index contributed by atoms with van der Waals surface area (Å²) in [5.41, 5.74) is 9.68. The van der Waals surface area contributed by atoms with Gasteiger partial charge >= 0.3 is 0 Å². The van der Waals surface area contributed by atoms with E-state index < -0.39 is 0 Å². The molecule has 46 heavy (non-hydrogen) atoms. The van der Waals surface area contributed by atoms with Crippen LogP contribution in [0.5, 0.6) is 11.5 Å². The molecule has 0 spiro atoms. The van der Waals surface area contributed by atoms with Gasteiger partial charge in [-0.05, 0) is 61.4 Å². The Morgan fingerprint density at radius 2 is 1.43 bits per heavy atom. The Labute approximate surface area is 267 Å². The van der Waals surface area contributed by atoms with E-state index in [4.69, 9.17) is 9.84 Å². The van der Waals surface area contributed by atoms with Crippen LogP contribution in [0, 0.1) is 19.7 Å². The minimum absolute atomic E-state index is 0.338. The number of pyridine rings is 1. The second-order valence-corrected chi connectivity index (χ2v) is 12.0. The van der Waals surface area contributed by atoms with Crippen molar-refractivity contribution in [1.29, 1.82) is 0 Å². The third kappa shape index (κ3) is 5.01. The highest BCUT2D eigenvalue weighted by atomic mass is 19.1. The lowest BCUT2D eigenvalue weighted by Gasteiger charge is -2.27. The first kappa shape index (κ1) is 29.1. The van der Waals surface area contributed by atoms with Crippen molar-refractivity contribution in [3.8, 4) is 34.1 Å². The summed E-state index contributed by atoms with van der Waals surface area (Å²) in [6.45, 7) is 4.31. The van der Waals surface area contributed by atoms with Crippen molar-refractivity contribution < 1.29 is 9.13 Å². The standard InChI is InChI=1S/C38H35FN6O/c1-24-18-25(2)38(43(5)6)36(37(24)42(3)4)26-22-41-44(23-26)28-10-9-11-29(20-28)46-30-14-15-32-31-12-7-8-13-33(31)45(34(32)21-30)35-19-27(39)16-17-40-35/h7-23H,1-6H3. The Bertz CT molecular complexity index is 2210. The summed E-state index contributed by atoms with van der Waals surface area (Å²) in [6.07, 6.45) is 5.49. The van der Waals surface area contributed by atoms with Gasteiger partial charge in [-0.2, -0.15) is 5.10 Å². The van der Waals surface area contributed by atoms with Crippen molar-refractivity contribution >= 4 is 33.2 Å². The third-order valence-electron chi connectivity index (χ3n) is 8.32. The lowest BCUT2D eigenvalue weighted by atomic mass is 9.96. The van der Waals surface area contributed by atoms with Crippen LogP contribution >= 0.6 is 0 Å². The van der Waals surface area contributed by atoms with Crippen LogP contribution < -0.4 is 14.5 Å². The second kappa shape index (κ2) is 11.4. The minimum Gasteiger partial charge on any atom is -0.457 e. The fraction of sp³-hybridized carbons (Fsp3) is 0.158. The highest BCUT2D eigenvalue weighted by Crippen LogP contribution is 2.43. The zero-order chi connectivity index (χ0) is 32.1. The number of ether oxygens (including phenoxy) is 1. The Morgan fingerprint density at radius 1 is 0.717 bits per heavy atom. The highest BCUT2D eigenvalue weighted by Gasteiger charge is 2.21. The van der Waals surface area contributed by atoms with E-state index in [0.29, 0.717) is 17.3 Å². The predicted molar refractivity (Wildman–Crippen MR) is 186 cm³/mol. The molecule has 4 aromatic carbocycles. The molecule has 0 amide bonds. The molecule has 0 aliphatic heterocycles. The van der Waals surface area contributed by atoms with E-state index >= 15 is 0 Å². The number of hydrogen-bond donors (Lipinski definition) is 0. The van der Waals surface area contributed by atoms with Gasteiger partial charge in [-0.15, -0.1) is 0 Å². The van der Waals surface area contributed by atoms with Gasteiger partial charge in [0, 0.05) is 92.1 Å². The maximum absolute atomic E-state index is 14.3. The van der Waals surface area contributed by atoms with Gasteiger partial charge in [0.05, 0.1) is 22.9 Å². The average Bonchev–Trinajstić information content (AvgIpc) is 3.64. The molecule has 7 aromatic rings. The molecule has 7 nitrogen and oxygen atoms in total. The molecule has 230 valence electrons. The van der Waals surface area contributed by atoms with Crippen molar-refractivity contribution in [3.63, 3.8) is 0 Å². The summed E-state index contributed by atoms with van der Waals surface area (Å²) in [5, 5.41) is 6.87. The Balaban J connectivity index is 1.26. The van der Waals surface area contributed by atoms with Gasteiger partial charge in [0.15, 0.2) is 0 Å². The molecular weight excluding hydrogens is 575 g/mol. The average molecular weight is 611 g/mol. The molecule has 0 unspecified atom stereocenters. The molecule has 0 N–H and O–H groups in total. The molecule has 0 radical (unpaired) electrons. The van der Waals surface area contributed by atoms with Gasteiger partial charge < -0.3 is 14.5 Å². The van der Waals surface area contributed by atoms with Gasteiger partial charge in [-0.25, -0.2) is 14.1 Å². The van der Waals surface area contributed by atoms with E-state index in [0.717, 1.165) is 38.6 Å². The number of halogens is 1. The SMILES string of the molecule is Cc1cc(C)c(N(C)C)c(-c2cnn(-c3cccc(Oc4ccc5c6ccccc6n(-c6cc(F)ccn6)c5c4)c3)c2)c1N(C)C. The molecule has 0 saturated carbocycles. The lowest BCUT2D eigenvalue weighted by Crippen LogP contribution is -2.17. The highest BCUT2D eigenvalue weighted by molar-refractivity contribution is 6.09. The topological polar surface area (TPSA) is 51.4 Å². The van der Waals surface area contributed by atoms with Crippen LogP contribution in [-0.4, -0.2) is 47.5 Å². The Hall–Kier alpha value is -5.63. The van der Waals surface area contributed by atoms with Gasteiger partial charge in [-0.1, -0.05) is 30.3 Å². The molecule has 0 atom stereocenters. The van der Waals surface area contributed by atoms with Crippen molar-refractivity contribution in [3.05, 3.63) is 120 Å². The summed E-state index contributed by atoms with van der Waals surface area (Å²) >= 11 is 0. The number of nitrogens with zero attached hydrogens (tertiary/aromatic N) is 6. The van der Waals surface area contributed by atoms with Crippen LogP contribution in [0.15, 0.2) is 104 Å². The van der Waals surface area contributed by atoms with Crippen molar-refractivity contribution in [1.82, 2.24) is 19.3 Å². The second-order valence-electron chi connectivity index (χ2n) is 12.0. The van der Waals surface area contributed by atoms with E-state index in [1.807, 2.05) is 76.1 Å². The molecule has 3 aromatic heterocycles. The first-order valence-electron chi connectivity index (χ1n) is 15.2. The number of rotatable bonds is 7. The number of aromatic nitrogens is 4. The van der Waals surface area contributed by atoms with E-state index in [9.17, 15) is 4.39 Å². The maximum atomic E-state index is 14.3. The molecule has 7 rings (SSSR count). The quantitative estimate of drug-likeness (QED) is 0.181. The molecule has 0 saturated heterocycles. The molecule has 0 bridgehead atoms. The summed E-state index contributed by atoms with van der Waals surface area (Å²) < 4.78 is 24.5. The van der Waals surface area contributed by atoms with Crippen molar-refractivity contribution in [2.75, 3.05) is 38.0 Å². The number of anilines is 2. The van der Waals surface area contributed by atoms with Crippen molar-refractivity contribution in [2.24, 2.45) is 0 Å². The normalized spacial score (nSPS) is 11.4. The molecule has 0 aliphatic rings. The van der Waals surface area contributed by atoms with Crippen LogP contribution in [0.1, 0.15) is 11.1 Å². The number of fused-ring (bicyclic) bond motifs is 3. The van der Waals surface area contributed by atoms with Gasteiger partial charge in [-0.3, -0.25) is 4.57 Å². The van der Waals surface area contributed by atoms with Crippen LogP contribution in [0.3, 0.4) is 0 Å². The van der Waals surface area contributed by atoms with Crippen LogP contribution in [0.4, 0.5) is 15.8 Å². The number of benzene rings is 4. The van der Waals surface area contributed by atoms with E-state index in [-0.39, 0.29) is 5.82 Å². The molecular formula is C38H35FN6O. The fourth-order valence-electron chi connectivity index (χ4n) is 6.59. The number of para-hydroxylation sites is 1. The smallest absolute Gasteiger partial charge is 0.140 e. The Kier molecular flexibility index (Phi) is 7.20. The van der Waals surface area contributed by atoms with Gasteiger partial charge in [0.25, 0.3) is 0 Å². The first-order chi connectivity index (χ1) is 22.2. The van der Waals surface area contributed by atoms with Gasteiger partial charge in [0.2, 0.25) is 0 Å². The number of hydrogen-bond acceptors (Lipinski definition) is 5. The van der Waals surface area contributed by atoms with Gasteiger partial charge in [0.1, 0.15) is 23.1 Å². The fourth-order valence-corrected chi connectivity index (χ4v) is 6.59.